The fourth-order valence-electron chi connectivity index (χ4n) is 0.998. The second-order valence-electron chi connectivity index (χ2n) is 2.51. The highest BCUT2D eigenvalue weighted by Gasteiger charge is 2.05. The zero-order chi connectivity index (χ0) is 10.4. The lowest BCUT2D eigenvalue weighted by molar-refractivity contribution is 0.583. The summed E-state index contributed by atoms with van der Waals surface area (Å²) in [5.41, 5.74) is 0.487. The molecule has 0 bridgehead atoms. The van der Waals surface area contributed by atoms with Gasteiger partial charge in [0.15, 0.2) is 0 Å². The van der Waals surface area contributed by atoms with Gasteiger partial charge < -0.3 is 4.90 Å². The van der Waals surface area contributed by atoms with Crippen molar-refractivity contribution in [2.24, 2.45) is 0 Å². The molecule has 0 amide bonds. The Balaban J connectivity index is 2.89. The third-order valence-electron chi connectivity index (χ3n) is 1.60. The summed E-state index contributed by atoms with van der Waals surface area (Å²) in [6, 6.07) is 6.55. The van der Waals surface area contributed by atoms with Crippen LogP contribution in [0, 0.1) is 28.6 Å². The molecule has 5 heteroatoms. The largest absolute Gasteiger partial charge is 0.345 e. The molecular formula is C9H7FN4. The smallest absolute Gasteiger partial charge is 0.214 e. The van der Waals surface area contributed by atoms with Crippen LogP contribution >= 0.6 is 0 Å². The van der Waals surface area contributed by atoms with Gasteiger partial charge >= 0.3 is 0 Å². The number of halogens is 1. The summed E-state index contributed by atoms with van der Waals surface area (Å²) < 4.78 is 12.7. The first-order chi connectivity index (χ1) is 6.77. The van der Waals surface area contributed by atoms with Crippen LogP contribution < -0.4 is 4.90 Å². The van der Waals surface area contributed by atoms with Crippen molar-refractivity contribution in [2.75, 3.05) is 18.0 Å². The average Bonchev–Trinajstić information content (AvgIpc) is 2.17. The fraction of sp³-hybridized carbons (Fsp3) is 0.222. The van der Waals surface area contributed by atoms with Crippen LogP contribution in [0.5, 0.6) is 0 Å². The lowest BCUT2D eigenvalue weighted by Crippen LogP contribution is -2.23. The van der Waals surface area contributed by atoms with E-state index in [1.54, 1.807) is 6.07 Å². The Labute approximate surface area is 80.8 Å². The summed E-state index contributed by atoms with van der Waals surface area (Å²) in [4.78, 5) is 4.85. The molecule has 1 heterocycles. The van der Waals surface area contributed by atoms with Crippen LogP contribution in [0.25, 0.3) is 0 Å². The molecule has 0 saturated carbocycles. The SMILES string of the molecule is N#CCN(CC#N)c1ccnc(F)c1. The zero-order valence-corrected chi connectivity index (χ0v) is 7.31. The third kappa shape index (κ3) is 2.43. The minimum atomic E-state index is -0.622. The highest BCUT2D eigenvalue weighted by atomic mass is 19.1. The summed E-state index contributed by atoms with van der Waals surface area (Å²) in [6.07, 6.45) is 1.30. The normalized spacial score (nSPS) is 8.79. The van der Waals surface area contributed by atoms with Gasteiger partial charge in [0.2, 0.25) is 5.95 Å². The van der Waals surface area contributed by atoms with E-state index in [-0.39, 0.29) is 13.1 Å². The van der Waals surface area contributed by atoms with Gasteiger partial charge in [-0.2, -0.15) is 14.9 Å². The van der Waals surface area contributed by atoms with Gasteiger partial charge in [0.25, 0.3) is 0 Å². The Kier molecular flexibility index (Phi) is 3.40. The number of nitrogens with zero attached hydrogens (tertiary/aromatic N) is 4. The minimum absolute atomic E-state index is 0.0526. The highest BCUT2D eigenvalue weighted by molar-refractivity contribution is 5.46. The summed E-state index contributed by atoms with van der Waals surface area (Å²) in [5, 5.41) is 17.0. The summed E-state index contributed by atoms with van der Waals surface area (Å²) in [6.45, 7) is 0.105. The quantitative estimate of drug-likeness (QED) is 0.528. The van der Waals surface area contributed by atoms with Crippen molar-refractivity contribution in [1.29, 1.82) is 10.5 Å². The van der Waals surface area contributed by atoms with Crippen molar-refractivity contribution < 1.29 is 4.39 Å². The van der Waals surface area contributed by atoms with Crippen molar-refractivity contribution in [3.63, 3.8) is 0 Å². The Morgan fingerprint density at radius 2 is 2.00 bits per heavy atom. The second-order valence-corrected chi connectivity index (χ2v) is 2.51. The predicted molar refractivity (Wildman–Crippen MR) is 47.6 cm³/mol. The van der Waals surface area contributed by atoms with E-state index in [0.717, 1.165) is 0 Å². The van der Waals surface area contributed by atoms with Gasteiger partial charge in [0.1, 0.15) is 13.1 Å². The molecule has 0 N–H and O–H groups in total. The average molecular weight is 190 g/mol. The van der Waals surface area contributed by atoms with Crippen molar-refractivity contribution in [1.82, 2.24) is 4.98 Å². The standard InChI is InChI=1S/C9H7FN4/c10-9-7-8(1-4-13-9)14(5-2-11)6-3-12/h1,4,7H,5-6H2. The van der Waals surface area contributed by atoms with Crippen LogP contribution in [-0.2, 0) is 0 Å². The van der Waals surface area contributed by atoms with Crippen LogP contribution in [-0.4, -0.2) is 18.1 Å². The Bertz CT molecular complexity index is 375. The van der Waals surface area contributed by atoms with E-state index in [9.17, 15) is 4.39 Å². The van der Waals surface area contributed by atoms with Crippen LogP contribution in [0.3, 0.4) is 0 Å². The number of anilines is 1. The number of hydrogen-bond donors (Lipinski definition) is 0. The molecule has 0 unspecified atom stereocenters. The van der Waals surface area contributed by atoms with E-state index < -0.39 is 5.95 Å². The second kappa shape index (κ2) is 4.78. The Hall–Kier alpha value is -2.14. The molecule has 0 saturated heterocycles. The number of rotatable bonds is 3. The lowest BCUT2D eigenvalue weighted by Gasteiger charge is -2.17. The molecular weight excluding hydrogens is 183 g/mol. The number of pyridine rings is 1. The molecule has 0 fully saturated rings. The van der Waals surface area contributed by atoms with E-state index in [4.69, 9.17) is 10.5 Å². The van der Waals surface area contributed by atoms with Gasteiger partial charge in [-0.1, -0.05) is 0 Å². The van der Waals surface area contributed by atoms with Crippen LogP contribution in [0.2, 0.25) is 0 Å². The zero-order valence-electron chi connectivity index (χ0n) is 7.31. The van der Waals surface area contributed by atoms with E-state index >= 15 is 0 Å². The minimum Gasteiger partial charge on any atom is -0.345 e. The maximum absolute atomic E-state index is 12.7. The van der Waals surface area contributed by atoms with Crippen LogP contribution in [0.1, 0.15) is 0 Å². The van der Waals surface area contributed by atoms with Gasteiger partial charge in [-0.25, -0.2) is 4.98 Å². The Morgan fingerprint density at radius 1 is 1.36 bits per heavy atom. The van der Waals surface area contributed by atoms with Crippen LogP contribution in [0.4, 0.5) is 10.1 Å². The Morgan fingerprint density at radius 3 is 2.50 bits per heavy atom. The highest BCUT2D eigenvalue weighted by Crippen LogP contribution is 2.12. The molecule has 0 atom stereocenters. The van der Waals surface area contributed by atoms with Gasteiger partial charge in [0, 0.05) is 18.0 Å². The molecule has 70 valence electrons. The van der Waals surface area contributed by atoms with Gasteiger partial charge in [0.05, 0.1) is 12.1 Å². The van der Waals surface area contributed by atoms with E-state index in [1.807, 2.05) is 12.1 Å². The molecule has 0 aliphatic carbocycles. The summed E-state index contributed by atoms with van der Waals surface area (Å²) >= 11 is 0. The molecule has 4 nitrogen and oxygen atoms in total. The van der Waals surface area contributed by atoms with Gasteiger partial charge in [-0.05, 0) is 6.07 Å². The van der Waals surface area contributed by atoms with Crippen molar-refractivity contribution in [3.05, 3.63) is 24.3 Å². The van der Waals surface area contributed by atoms with Crippen molar-refractivity contribution >= 4 is 5.69 Å². The molecule has 0 aromatic carbocycles. The van der Waals surface area contributed by atoms with Crippen molar-refractivity contribution in [2.45, 2.75) is 0 Å². The topological polar surface area (TPSA) is 63.7 Å². The predicted octanol–water partition coefficient (Wildman–Crippen LogP) is 1.07. The van der Waals surface area contributed by atoms with E-state index in [1.165, 1.54) is 17.2 Å². The number of nitriles is 2. The summed E-state index contributed by atoms with van der Waals surface area (Å²) in [5.74, 6) is -0.622. The van der Waals surface area contributed by atoms with Gasteiger partial charge in [-0.15, -0.1) is 0 Å². The fourth-order valence-corrected chi connectivity index (χ4v) is 0.998. The number of aromatic nitrogens is 1. The van der Waals surface area contributed by atoms with Gasteiger partial charge in [-0.3, -0.25) is 0 Å². The molecule has 0 spiro atoms. The van der Waals surface area contributed by atoms with Crippen molar-refractivity contribution in [3.8, 4) is 12.1 Å². The maximum Gasteiger partial charge on any atom is 0.214 e. The molecule has 14 heavy (non-hydrogen) atoms. The third-order valence-corrected chi connectivity index (χ3v) is 1.60. The first kappa shape index (κ1) is 9.94. The lowest BCUT2D eigenvalue weighted by atomic mass is 10.3. The molecule has 0 aliphatic rings. The monoisotopic (exact) mass is 190 g/mol. The number of hydrogen-bond acceptors (Lipinski definition) is 4. The molecule has 1 rings (SSSR count). The van der Waals surface area contributed by atoms with E-state index in [0.29, 0.717) is 5.69 Å². The molecule has 0 aliphatic heterocycles. The first-order valence-electron chi connectivity index (χ1n) is 3.88. The molecule has 0 radical (unpaired) electrons. The summed E-state index contributed by atoms with van der Waals surface area (Å²) in [7, 11) is 0. The maximum atomic E-state index is 12.7. The van der Waals surface area contributed by atoms with E-state index in [2.05, 4.69) is 4.98 Å². The van der Waals surface area contributed by atoms with Crippen LogP contribution in [0.15, 0.2) is 18.3 Å². The molecule has 1 aromatic heterocycles. The molecule has 1 aromatic rings. The first-order valence-corrected chi connectivity index (χ1v) is 3.88.